The third-order valence-corrected chi connectivity index (χ3v) is 6.71. The van der Waals surface area contributed by atoms with Gasteiger partial charge < -0.3 is 15.1 Å². The van der Waals surface area contributed by atoms with Gasteiger partial charge in [0.15, 0.2) is 0 Å². The molecular weight excluding hydrogens is 402 g/mol. The zero-order valence-electron chi connectivity index (χ0n) is 20.2. The molecule has 0 radical (unpaired) electrons. The lowest BCUT2D eigenvalue weighted by Gasteiger charge is -2.31. The molecule has 0 aliphatic carbocycles. The fourth-order valence-corrected chi connectivity index (χ4v) is 4.79. The third kappa shape index (κ3) is 5.42. The van der Waals surface area contributed by atoms with Crippen molar-refractivity contribution in [1.82, 2.24) is 9.80 Å². The van der Waals surface area contributed by atoms with Crippen LogP contribution in [-0.2, 0) is 6.54 Å². The van der Waals surface area contributed by atoms with E-state index in [0.29, 0.717) is 0 Å². The summed E-state index contributed by atoms with van der Waals surface area (Å²) < 4.78 is 0. The lowest BCUT2D eigenvalue weighted by Crippen LogP contribution is -2.31. The van der Waals surface area contributed by atoms with E-state index in [-0.39, 0.29) is 0 Å². The van der Waals surface area contributed by atoms with Crippen molar-refractivity contribution >= 4 is 22.2 Å². The molecule has 0 atom stereocenters. The molecular formula is C30H37N3. The number of piperidine rings is 1. The van der Waals surface area contributed by atoms with Gasteiger partial charge in [0.1, 0.15) is 0 Å². The number of nitrogens with zero attached hydrogens (tertiary/aromatic N) is 2. The molecule has 4 rings (SSSR count). The van der Waals surface area contributed by atoms with E-state index in [4.69, 9.17) is 0 Å². The summed E-state index contributed by atoms with van der Waals surface area (Å²) in [6.07, 6.45) is 4.92. The van der Waals surface area contributed by atoms with Crippen molar-refractivity contribution in [2.45, 2.75) is 46.1 Å². The van der Waals surface area contributed by atoms with E-state index in [1.807, 2.05) is 0 Å². The summed E-state index contributed by atoms with van der Waals surface area (Å²) in [6, 6.07) is 21.7. The standard InChI is InChI=1S/C30H37N3/c1-5-18-33(24(3)29-15-11-13-26-12-7-8-14-30(26)29)22-27-16-17-28(21-23(27)2)31-25(4)32-19-9-6-10-20-32/h7-8,11-17,21,31H,3-6,9-10,18-20,22H2,1-2H3. The van der Waals surface area contributed by atoms with Crippen molar-refractivity contribution in [2.75, 3.05) is 25.0 Å². The Morgan fingerprint density at radius 1 is 0.970 bits per heavy atom. The number of rotatable bonds is 9. The first-order valence-corrected chi connectivity index (χ1v) is 12.3. The molecule has 0 amide bonds. The monoisotopic (exact) mass is 439 g/mol. The first-order chi connectivity index (χ1) is 16.1. The molecule has 3 heteroatoms. The average Bonchev–Trinajstić information content (AvgIpc) is 2.85. The van der Waals surface area contributed by atoms with Crippen LogP contribution in [0.5, 0.6) is 0 Å². The summed E-state index contributed by atoms with van der Waals surface area (Å²) in [4.78, 5) is 4.79. The van der Waals surface area contributed by atoms with E-state index in [1.165, 1.54) is 46.7 Å². The smallest absolute Gasteiger partial charge is 0.0983 e. The first kappa shape index (κ1) is 23.0. The molecule has 1 aliphatic heterocycles. The van der Waals surface area contributed by atoms with Crippen LogP contribution in [0.3, 0.4) is 0 Å². The number of hydrogen-bond acceptors (Lipinski definition) is 3. The topological polar surface area (TPSA) is 18.5 Å². The van der Waals surface area contributed by atoms with E-state index < -0.39 is 0 Å². The average molecular weight is 440 g/mol. The number of nitrogens with one attached hydrogen (secondary N) is 1. The van der Waals surface area contributed by atoms with Gasteiger partial charge in [0.2, 0.25) is 0 Å². The molecule has 33 heavy (non-hydrogen) atoms. The lowest BCUT2D eigenvalue weighted by molar-refractivity contribution is 0.289. The molecule has 1 fully saturated rings. The van der Waals surface area contributed by atoms with E-state index in [2.05, 4.69) is 103 Å². The highest BCUT2D eigenvalue weighted by molar-refractivity contribution is 5.93. The molecule has 1 heterocycles. The van der Waals surface area contributed by atoms with Crippen molar-refractivity contribution in [3.63, 3.8) is 0 Å². The van der Waals surface area contributed by atoms with Crippen LogP contribution >= 0.6 is 0 Å². The van der Waals surface area contributed by atoms with Crippen LogP contribution in [0, 0.1) is 6.92 Å². The lowest BCUT2D eigenvalue weighted by atomic mass is 10.0. The Labute approximate surface area is 199 Å². The molecule has 1 N–H and O–H groups in total. The number of fused-ring (bicyclic) bond motifs is 1. The van der Waals surface area contributed by atoms with Crippen LogP contribution < -0.4 is 5.32 Å². The van der Waals surface area contributed by atoms with Gasteiger partial charge in [-0.3, -0.25) is 0 Å². The van der Waals surface area contributed by atoms with Gasteiger partial charge in [0.05, 0.1) is 5.82 Å². The minimum atomic E-state index is 0.856. The van der Waals surface area contributed by atoms with Crippen molar-refractivity contribution in [3.8, 4) is 0 Å². The molecule has 1 saturated heterocycles. The molecule has 1 aliphatic rings. The van der Waals surface area contributed by atoms with Gasteiger partial charge in [-0.05, 0) is 66.6 Å². The molecule has 0 bridgehead atoms. The Morgan fingerprint density at radius 3 is 2.48 bits per heavy atom. The zero-order chi connectivity index (χ0) is 23.2. The largest absolute Gasteiger partial charge is 0.367 e. The first-order valence-electron chi connectivity index (χ1n) is 12.3. The molecule has 0 spiro atoms. The second-order valence-electron chi connectivity index (χ2n) is 9.16. The van der Waals surface area contributed by atoms with E-state index >= 15 is 0 Å². The molecule has 0 aromatic heterocycles. The van der Waals surface area contributed by atoms with Crippen LogP contribution in [-0.4, -0.2) is 29.4 Å². The Balaban J connectivity index is 1.50. The Hall–Kier alpha value is -3.20. The van der Waals surface area contributed by atoms with Crippen LogP contribution in [0.25, 0.3) is 16.5 Å². The van der Waals surface area contributed by atoms with Gasteiger partial charge >= 0.3 is 0 Å². The minimum absolute atomic E-state index is 0.856. The SMILES string of the molecule is C=C(Nc1ccc(CN(CCC)C(=C)c2cccc3ccccc23)c(C)c1)N1CCCCC1. The van der Waals surface area contributed by atoms with Crippen LogP contribution in [0.1, 0.15) is 49.3 Å². The maximum absolute atomic E-state index is 4.52. The van der Waals surface area contributed by atoms with Crippen molar-refractivity contribution < 1.29 is 0 Å². The summed E-state index contributed by atoms with van der Waals surface area (Å²) in [5.74, 6) is 1.01. The Kier molecular flexibility index (Phi) is 7.39. The van der Waals surface area contributed by atoms with Crippen LogP contribution in [0.15, 0.2) is 79.6 Å². The number of benzene rings is 3. The fourth-order valence-electron chi connectivity index (χ4n) is 4.79. The summed E-state index contributed by atoms with van der Waals surface area (Å²) in [5, 5.41) is 6.05. The van der Waals surface area contributed by atoms with E-state index in [1.54, 1.807) is 0 Å². The molecule has 0 unspecified atom stereocenters. The van der Waals surface area contributed by atoms with Crippen LogP contribution in [0.2, 0.25) is 0 Å². The molecule has 3 aromatic carbocycles. The van der Waals surface area contributed by atoms with E-state index in [0.717, 1.165) is 49.8 Å². The quantitative estimate of drug-likeness (QED) is 0.375. The number of likely N-dealkylation sites (tertiary alicyclic amines) is 1. The highest BCUT2D eigenvalue weighted by atomic mass is 15.2. The number of anilines is 1. The molecule has 172 valence electrons. The summed E-state index contributed by atoms with van der Waals surface area (Å²) in [7, 11) is 0. The van der Waals surface area contributed by atoms with Crippen molar-refractivity contribution in [3.05, 3.63) is 96.3 Å². The predicted molar refractivity (Wildman–Crippen MR) is 143 cm³/mol. The van der Waals surface area contributed by atoms with E-state index in [9.17, 15) is 0 Å². The van der Waals surface area contributed by atoms with Gasteiger partial charge in [0.25, 0.3) is 0 Å². The summed E-state index contributed by atoms with van der Waals surface area (Å²) >= 11 is 0. The zero-order valence-corrected chi connectivity index (χ0v) is 20.2. The molecule has 3 nitrogen and oxygen atoms in total. The second-order valence-corrected chi connectivity index (χ2v) is 9.16. The third-order valence-electron chi connectivity index (χ3n) is 6.71. The summed E-state index contributed by atoms with van der Waals surface area (Å²) in [6.45, 7) is 17.3. The predicted octanol–water partition coefficient (Wildman–Crippen LogP) is 7.40. The van der Waals surface area contributed by atoms with Crippen LogP contribution in [0.4, 0.5) is 5.69 Å². The number of aryl methyl sites for hydroxylation is 1. The normalized spacial score (nSPS) is 13.7. The second kappa shape index (κ2) is 10.6. The highest BCUT2D eigenvalue weighted by Crippen LogP contribution is 2.29. The minimum Gasteiger partial charge on any atom is -0.367 e. The van der Waals surface area contributed by atoms with Gasteiger partial charge in [-0.25, -0.2) is 0 Å². The Morgan fingerprint density at radius 2 is 1.73 bits per heavy atom. The van der Waals surface area contributed by atoms with Gasteiger partial charge in [-0.1, -0.05) is 68.6 Å². The maximum atomic E-state index is 4.52. The summed E-state index contributed by atoms with van der Waals surface area (Å²) in [5.41, 5.74) is 6.04. The highest BCUT2D eigenvalue weighted by Gasteiger charge is 2.15. The van der Waals surface area contributed by atoms with Gasteiger partial charge in [-0.15, -0.1) is 0 Å². The molecule has 0 saturated carbocycles. The Bertz CT molecular complexity index is 1120. The fraction of sp³-hybridized carbons (Fsp3) is 0.333. The van der Waals surface area contributed by atoms with Crippen molar-refractivity contribution in [2.24, 2.45) is 0 Å². The van der Waals surface area contributed by atoms with Gasteiger partial charge in [-0.2, -0.15) is 0 Å². The maximum Gasteiger partial charge on any atom is 0.0983 e. The van der Waals surface area contributed by atoms with Gasteiger partial charge in [0, 0.05) is 43.1 Å². The molecule has 3 aromatic rings. The van der Waals surface area contributed by atoms with Crippen molar-refractivity contribution in [1.29, 1.82) is 0 Å². The number of hydrogen-bond donors (Lipinski definition) is 1.